The van der Waals surface area contributed by atoms with Crippen molar-refractivity contribution < 1.29 is 18.7 Å². The van der Waals surface area contributed by atoms with Crippen molar-refractivity contribution >= 4 is 11.8 Å². The molecule has 34 heavy (non-hydrogen) atoms. The van der Waals surface area contributed by atoms with Crippen molar-refractivity contribution in [2.45, 2.75) is 44.2 Å². The quantitative estimate of drug-likeness (QED) is 0.582. The van der Waals surface area contributed by atoms with Gasteiger partial charge in [-0.1, -0.05) is 30.3 Å². The van der Waals surface area contributed by atoms with Crippen molar-refractivity contribution in [3.63, 3.8) is 0 Å². The predicted molar refractivity (Wildman–Crippen MR) is 122 cm³/mol. The molecule has 2 aliphatic rings. The van der Waals surface area contributed by atoms with E-state index in [0.717, 1.165) is 24.2 Å². The molecule has 0 saturated heterocycles. The van der Waals surface area contributed by atoms with Gasteiger partial charge >= 0.3 is 0 Å². The number of amides is 2. The summed E-state index contributed by atoms with van der Waals surface area (Å²) >= 11 is 0. The van der Waals surface area contributed by atoms with E-state index in [2.05, 4.69) is 15.6 Å². The molecular formula is C25H26FN5O3. The molecule has 3 aromatic rings. The van der Waals surface area contributed by atoms with Crippen LogP contribution in [0.3, 0.4) is 0 Å². The number of nitrogens with one attached hydrogen (secondary N) is 1. The van der Waals surface area contributed by atoms with Crippen molar-refractivity contribution in [2.75, 3.05) is 13.6 Å². The summed E-state index contributed by atoms with van der Waals surface area (Å²) in [4.78, 5) is 27.7. The standard InChI is InChI=1S/C25H26FN5O3/c1-3-19-22(28-29-31(19)18-7-5-4-6-8-18)24(33)30(2)15-25(11-12-25)27-23(32)21-14-16-13-17(26)9-10-20(16)34-21/h4-10,13,21H,3,11-12,14-15H2,1-2H3,(H,27,32). The Morgan fingerprint density at radius 2 is 2.00 bits per heavy atom. The van der Waals surface area contributed by atoms with Gasteiger partial charge in [0.2, 0.25) is 0 Å². The van der Waals surface area contributed by atoms with E-state index in [9.17, 15) is 14.0 Å². The van der Waals surface area contributed by atoms with E-state index >= 15 is 0 Å². The summed E-state index contributed by atoms with van der Waals surface area (Å²) in [6, 6.07) is 13.8. The van der Waals surface area contributed by atoms with Gasteiger partial charge in [0.25, 0.3) is 11.8 Å². The van der Waals surface area contributed by atoms with Crippen LogP contribution in [0.4, 0.5) is 4.39 Å². The molecular weight excluding hydrogens is 437 g/mol. The third-order valence-corrected chi connectivity index (χ3v) is 6.42. The number of fused-ring (bicyclic) bond motifs is 1. The van der Waals surface area contributed by atoms with Crippen LogP contribution in [0, 0.1) is 5.82 Å². The first-order valence-electron chi connectivity index (χ1n) is 11.4. The largest absolute Gasteiger partial charge is 0.480 e. The molecule has 5 rings (SSSR count). The third-order valence-electron chi connectivity index (χ3n) is 6.42. The first kappa shape index (κ1) is 22.1. The van der Waals surface area contributed by atoms with E-state index < -0.39 is 11.6 Å². The van der Waals surface area contributed by atoms with E-state index in [0.29, 0.717) is 36.4 Å². The molecule has 8 nitrogen and oxygen atoms in total. The summed E-state index contributed by atoms with van der Waals surface area (Å²) < 4.78 is 20.9. The minimum absolute atomic E-state index is 0.237. The van der Waals surface area contributed by atoms with Crippen LogP contribution in [-0.4, -0.2) is 56.9 Å². The molecule has 1 atom stereocenters. The zero-order valence-corrected chi connectivity index (χ0v) is 19.1. The van der Waals surface area contributed by atoms with Crippen molar-refractivity contribution in [3.8, 4) is 11.4 Å². The van der Waals surface area contributed by atoms with Gasteiger partial charge in [0.05, 0.1) is 16.9 Å². The molecule has 1 fully saturated rings. The molecule has 1 aliphatic carbocycles. The second-order valence-corrected chi connectivity index (χ2v) is 8.98. The highest BCUT2D eigenvalue weighted by molar-refractivity contribution is 5.93. The fourth-order valence-electron chi connectivity index (χ4n) is 4.45. The number of para-hydroxylation sites is 1. The van der Waals surface area contributed by atoms with Crippen molar-refractivity contribution in [1.82, 2.24) is 25.2 Å². The first-order valence-corrected chi connectivity index (χ1v) is 11.4. The summed E-state index contributed by atoms with van der Waals surface area (Å²) in [7, 11) is 1.71. The molecule has 2 aromatic carbocycles. The molecule has 1 unspecified atom stereocenters. The maximum absolute atomic E-state index is 13.5. The number of ether oxygens (including phenoxy) is 1. The lowest BCUT2D eigenvalue weighted by atomic mass is 10.1. The monoisotopic (exact) mass is 463 g/mol. The fourth-order valence-corrected chi connectivity index (χ4v) is 4.45. The van der Waals surface area contributed by atoms with E-state index in [1.165, 1.54) is 12.1 Å². The molecule has 176 valence electrons. The number of carbonyl (C=O) groups is 2. The molecule has 1 aromatic heterocycles. The minimum Gasteiger partial charge on any atom is -0.480 e. The molecule has 1 aliphatic heterocycles. The molecule has 0 spiro atoms. The SMILES string of the molecule is CCc1c(C(=O)N(C)CC2(NC(=O)C3Cc4cc(F)ccc4O3)CC2)nnn1-c1ccccc1. The van der Waals surface area contributed by atoms with Crippen molar-refractivity contribution in [1.29, 1.82) is 0 Å². The highest BCUT2D eigenvalue weighted by Gasteiger charge is 2.47. The molecule has 0 bridgehead atoms. The van der Waals surface area contributed by atoms with Gasteiger partial charge in [0.15, 0.2) is 11.8 Å². The van der Waals surface area contributed by atoms with Crippen LogP contribution in [-0.2, 0) is 17.6 Å². The van der Waals surface area contributed by atoms with Gasteiger partial charge in [0, 0.05) is 25.6 Å². The Morgan fingerprint density at radius 1 is 1.24 bits per heavy atom. The van der Waals surface area contributed by atoms with Gasteiger partial charge in [-0.3, -0.25) is 9.59 Å². The number of carbonyl (C=O) groups excluding carboxylic acids is 2. The molecule has 0 radical (unpaired) electrons. The average molecular weight is 464 g/mol. The van der Waals surface area contributed by atoms with Crippen LogP contribution >= 0.6 is 0 Å². The van der Waals surface area contributed by atoms with Crippen LogP contribution in [0.15, 0.2) is 48.5 Å². The summed E-state index contributed by atoms with van der Waals surface area (Å²) in [5, 5.41) is 11.4. The Bertz CT molecular complexity index is 1240. The van der Waals surface area contributed by atoms with Crippen molar-refractivity contribution in [3.05, 3.63) is 71.3 Å². The minimum atomic E-state index is -0.701. The smallest absolute Gasteiger partial charge is 0.276 e. The second kappa shape index (κ2) is 8.55. The normalized spacial score (nSPS) is 17.6. The number of hydrogen-bond donors (Lipinski definition) is 1. The third kappa shape index (κ3) is 4.13. The van der Waals surface area contributed by atoms with E-state index in [1.54, 1.807) is 22.7 Å². The summed E-state index contributed by atoms with van der Waals surface area (Å²) in [6.07, 6.45) is 1.75. The lowest BCUT2D eigenvalue weighted by molar-refractivity contribution is -0.128. The summed E-state index contributed by atoms with van der Waals surface area (Å²) in [6.45, 7) is 2.32. The maximum Gasteiger partial charge on any atom is 0.276 e. The number of likely N-dealkylation sites (N-methyl/N-ethyl adjacent to an activating group) is 1. The zero-order chi connectivity index (χ0) is 23.9. The number of benzene rings is 2. The van der Waals surface area contributed by atoms with Gasteiger partial charge in [-0.2, -0.15) is 0 Å². The summed E-state index contributed by atoms with van der Waals surface area (Å²) in [5.74, 6) is -0.302. The molecule has 1 saturated carbocycles. The lowest BCUT2D eigenvalue weighted by Gasteiger charge is -2.25. The Morgan fingerprint density at radius 3 is 2.71 bits per heavy atom. The van der Waals surface area contributed by atoms with Gasteiger partial charge < -0.3 is 15.0 Å². The van der Waals surface area contributed by atoms with Crippen LogP contribution in [0.25, 0.3) is 5.69 Å². The topological polar surface area (TPSA) is 89.3 Å². The maximum atomic E-state index is 13.5. The predicted octanol–water partition coefficient (Wildman–Crippen LogP) is 2.69. The Hall–Kier alpha value is -3.75. The number of aromatic nitrogens is 3. The Balaban J connectivity index is 1.25. The van der Waals surface area contributed by atoms with E-state index in [4.69, 9.17) is 4.74 Å². The van der Waals surface area contributed by atoms with Crippen LogP contribution in [0.1, 0.15) is 41.5 Å². The molecule has 2 heterocycles. The number of hydrogen-bond acceptors (Lipinski definition) is 5. The second-order valence-electron chi connectivity index (χ2n) is 8.98. The van der Waals surface area contributed by atoms with Gasteiger partial charge in [-0.25, -0.2) is 9.07 Å². The number of nitrogens with zero attached hydrogens (tertiary/aromatic N) is 4. The average Bonchev–Trinajstić information content (AvgIpc) is 3.26. The van der Waals surface area contributed by atoms with E-state index in [1.807, 2.05) is 37.3 Å². The highest BCUT2D eigenvalue weighted by Crippen LogP contribution is 2.37. The zero-order valence-electron chi connectivity index (χ0n) is 19.1. The van der Waals surface area contributed by atoms with Crippen LogP contribution in [0.5, 0.6) is 5.75 Å². The number of rotatable bonds is 7. The fraction of sp³-hybridized carbons (Fsp3) is 0.360. The van der Waals surface area contributed by atoms with Gasteiger partial charge in [-0.15, -0.1) is 5.10 Å². The summed E-state index contributed by atoms with van der Waals surface area (Å²) in [5.41, 5.74) is 2.09. The molecule has 9 heteroatoms. The molecule has 1 N–H and O–H groups in total. The van der Waals surface area contributed by atoms with Crippen LogP contribution < -0.4 is 10.1 Å². The van der Waals surface area contributed by atoms with Crippen LogP contribution in [0.2, 0.25) is 0 Å². The number of halogens is 1. The first-order chi connectivity index (χ1) is 16.4. The lowest BCUT2D eigenvalue weighted by Crippen LogP contribution is -2.50. The van der Waals surface area contributed by atoms with Gasteiger partial charge in [0.1, 0.15) is 11.6 Å². The molecule has 2 amide bonds. The Kier molecular flexibility index (Phi) is 5.55. The van der Waals surface area contributed by atoms with E-state index in [-0.39, 0.29) is 17.6 Å². The highest BCUT2D eigenvalue weighted by atomic mass is 19.1. The van der Waals surface area contributed by atoms with Gasteiger partial charge in [-0.05, 0) is 49.6 Å². The Labute approximate surface area is 196 Å². The van der Waals surface area contributed by atoms with Crippen molar-refractivity contribution in [2.24, 2.45) is 0 Å².